The van der Waals surface area contributed by atoms with Crippen molar-refractivity contribution in [3.05, 3.63) is 23.8 Å². The van der Waals surface area contributed by atoms with Crippen LogP contribution in [0.25, 0.3) is 0 Å². The maximum Gasteiger partial charge on any atom is 0.0724 e. The van der Waals surface area contributed by atoms with E-state index in [4.69, 9.17) is 0 Å². The molecule has 0 saturated heterocycles. The summed E-state index contributed by atoms with van der Waals surface area (Å²) >= 11 is 0. The van der Waals surface area contributed by atoms with Crippen LogP contribution in [0.5, 0.6) is 0 Å². The molecule has 0 aliphatic heterocycles. The zero-order valence-electron chi connectivity index (χ0n) is 9.53. The topological polar surface area (TPSA) is 37.8 Å². The fraction of sp³-hybridized carbons (Fsp3) is 0.667. The quantitative estimate of drug-likeness (QED) is 0.799. The van der Waals surface area contributed by atoms with Gasteiger partial charge in [-0.15, -0.1) is 0 Å². The van der Waals surface area contributed by atoms with Crippen molar-refractivity contribution in [2.75, 3.05) is 0 Å². The normalized spacial score (nSPS) is 17.7. The van der Waals surface area contributed by atoms with E-state index in [0.29, 0.717) is 6.04 Å². The lowest BCUT2D eigenvalue weighted by molar-refractivity contribution is 0.483. The molecule has 1 aliphatic rings. The monoisotopic (exact) mass is 205 g/mol. The molecule has 0 bridgehead atoms. The molecule has 0 radical (unpaired) electrons. The molecule has 2 rings (SSSR count). The van der Waals surface area contributed by atoms with Gasteiger partial charge in [-0.05, 0) is 26.2 Å². The molecule has 15 heavy (non-hydrogen) atoms. The molecule has 3 heteroatoms. The Hall–Kier alpha value is -0.960. The zero-order valence-corrected chi connectivity index (χ0v) is 9.53. The van der Waals surface area contributed by atoms with E-state index < -0.39 is 0 Å². The number of aryl methyl sites for hydroxylation is 1. The highest BCUT2D eigenvalue weighted by atomic mass is 14.9. The van der Waals surface area contributed by atoms with Gasteiger partial charge in [0.1, 0.15) is 0 Å². The second kappa shape index (κ2) is 4.71. The Balaban J connectivity index is 1.74. The van der Waals surface area contributed by atoms with Gasteiger partial charge in [0.2, 0.25) is 0 Å². The van der Waals surface area contributed by atoms with Crippen LogP contribution in [0.15, 0.2) is 12.4 Å². The van der Waals surface area contributed by atoms with Gasteiger partial charge >= 0.3 is 0 Å². The molecule has 0 amide bonds. The van der Waals surface area contributed by atoms with Crippen LogP contribution < -0.4 is 5.32 Å². The molecule has 0 spiro atoms. The molecule has 1 atom stereocenters. The molecule has 3 nitrogen and oxygen atoms in total. The zero-order chi connectivity index (χ0) is 10.7. The van der Waals surface area contributed by atoms with Gasteiger partial charge < -0.3 is 5.32 Å². The van der Waals surface area contributed by atoms with Crippen molar-refractivity contribution in [2.24, 2.45) is 5.92 Å². The highest BCUT2D eigenvalue weighted by Crippen LogP contribution is 2.33. The minimum absolute atomic E-state index is 0.598. The van der Waals surface area contributed by atoms with Gasteiger partial charge in [0.15, 0.2) is 0 Å². The highest BCUT2D eigenvalue weighted by molar-refractivity contribution is 5.00. The van der Waals surface area contributed by atoms with Crippen molar-refractivity contribution in [3.8, 4) is 0 Å². The number of hydrogen-bond donors (Lipinski definition) is 1. The summed E-state index contributed by atoms with van der Waals surface area (Å²) < 4.78 is 0. The molecule has 1 aliphatic carbocycles. The summed E-state index contributed by atoms with van der Waals surface area (Å²) in [6.45, 7) is 5.04. The van der Waals surface area contributed by atoms with Crippen molar-refractivity contribution in [2.45, 2.75) is 45.7 Å². The van der Waals surface area contributed by atoms with Gasteiger partial charge in [-0.2, -0.15) is 0 Å². The average molecular weight is 205 g/mol. The molecule has 1 heterocycles. The van der Waals surface area contributed by atoms with E-state index in [1.165, 1.54) is 19.3 Å². The Bertz CT molecular complexity index is 303. The maximum absolute atomic E-state index is 4.32. The van der Waals surface area contributed by atoms with E-state index in [0.717, 1.165) is 23.9 Å². The van der Waals surface area contributed by atoms with Gasteiger partial charge in [-0.3, -0.25) is 9.97 Å². The predicted molar refractivity (Wildman–Crippen MR) is 60.4 cm³/mol. The number of nitrogens with one attached hydrogen (secondary N) is 1. The summed E-state index contributed by atoms with van der Waals surface area (Å²) in [5.74, 6) is 0.983. The summed E-state index contributed by atoms with van der Waals surface area (Å²) in [6, 6.07) is 0.598. The van der Waals surface area contributed by atoms with Crippen LogP contribution in [-0.4, -0.2) is 16.0 Å². The van der Waals surface area contributed by atoms with E-state index in [9.17, 15) is 0 Å². The van der Waals surface area contributed by atoms with Crippen LogP contribution in [0, 0.1) is 12.8 Å². The van der Waals surface area contributed by atoms with Crippen molar-refractivity contribution in [1.82, 2.24) is 15.3 Å². The Labute approximate surface area is 91.3 Å². The van der Waals surface area contributed by atoms with Crippen LogP contribution in [0.1, 0.15) is 37.6 Å². The van der Waals surface area contributed by atoms with Crippen LogP contribution in [0.2, 0.25) is 0 Å². The maximum atomic E-state index is 4.32. The minimum Gasteiger partial charge on any atom is -0.309 e. The summed E-state index contributed by atoms with van der Waals surface area (Å²) in [5.41, 5.74) is 2.01. The summed E-state index contributed by atoms with van der Waals surface area (Å²) in [6.07, 6.45) is 7.83. The molecular formula is C12H19N3. The molecule has 1 saturated carbocycles. The van der Waals surface area contributed by atoms with E-state index in [2.05, 4.69) is 22.2 Å². The third-order valence-electron chi connectivity index (χ3n) is 2.85. The molecule has 1 unspecified atom stereocenters. The highest BCUT2D eigenvalue weighted by Gasteiger charge is 2.23. The third kappa shape index (κ3) is 3.59. The second-order valence-corrected chi connectivity index (χ2v) is 4.61. The van der Waals surface area contributed by atoms with Gasteiger partial charge in [0.05, 0.1) is 11.4 Å². The SMILES string of the molecule is Cc1cnc(CNC(C)CC2CC2)cn1. The first kappa shape index (κ1) is 10.6. The molecule has 1 N–H and O–H groups in total. The van der Waals surface area contributed by atoms with Crippen molar-refractivity contribution >= 4 is 0 Å². The number of hydrogen-bond acceptors (Lipinski definition) is 3. The largest absolute Gasteiger partial charge is 0.309 e. The predicted octanol–water partition coefficient (Wildman–Crippen LogP) is 2.06. The van der Waals surface area contributed by atoms with Crippen LogP contribution in [0.3, 0.4) is 0 Å². The number of rotatable bonds is 5. The van der Waals surface area contributed by atoms with Gasteiger partial charge in [-0.25, -0.2) is 0 Å². The van der Waals surface area contributed by atoms with E-state index in [-0.39, 0.29) is 0 Å². The average Bonchev–Trinajstić information content (AvgIpc) is 3.01. The Kier molecular flexibility index (Phi) is 3.31. The molecular weight excluding hydrogens is 186 g/mol. The van der Waals surface area contributed by atoms with E-state index >= 15 is 0 Å². The molecule has 0 aromatic carbocycles. The first-order chi connectivity index (χ1) is 7.24. The fourth-order valence-electron chi connectivity index (χ4n) is 1.73. The smallest absolute Gasteiger partial charge is 0.0724 e. The lowest BCUT2D eigenvalue weighted by atomic mass is 10.1. The summed E-state index contributed by atoms with van der Waals surface area (Å²) in [5, 5.41) is 3.49. The molecule has 1 fully saturated rings. The van der Waals surface area contributed by atoms with Gasteiger partial charge in [0.25, 0.3) is 0 Å². The second-order valence-electron chi connectivity index (χ2n) is 4.61. The van der Waals surface area contributed by atoms with E-state index in [1.54, 1.807) is 0 Å². The minimum atomic E-state index is 0.598. The first-order valence-corrected chi connectivity index (χ1v) is 5.75. The number of nitrogens with zero attached hydrogens (tertiary/aromatic N) is 2. The molecule has 1 aromatic heterocycles. The first-order valence-electron chi connectivity index (χ1n) is 5.75. The molecule has 1 aromatic rings. The summed E-state index contributed by atoms with van der Waals surface area (Å²) in [4.78, 5) is 8.55. The third-order valence-corrected chi connectivity index (χ3v) is 2.85. The van der Waals surface area contributed by atoms with Gasteiger partial charge in [-0.1, -0.05) is 12.8 Å². The lowest BCUT2D eigenvalue weighted by Gasteiger charge is -2.12. The van der Waals surface area contributed by atoms with Crippen LogP contribution in [0.4, 0.5) is 0 Å². The summed E-state index contributed by atoms with van der Waals surface area (Å²) in [7, 11) is 0. The Morgan fingerprint density at radius 2 is 2.20 bits per heavy atom. The van der Waals surface area contributed by atoms with Crippen molar-refractivity contribution in [3.63, 3.8) is 0 Å². The molecule has 82 valence electrons. The fourth-order valence-corrected chi connectivity index (χ4v) is 1.73. The number of aromatic nitrogens is 2. The van der Waals surface area contributed by atoms with E-state index in [1.807, 2.05) is 19.3 Å². The van der Waals surface area contributed by atoms with Crippen molar-refractivity contribution in [1.29, 1.82) is 0 Å². The Morgan fingerprint density at radius 1 is 1.40 bits per heavy atom. The van der Waals surface area contributed by atoms with Crippen LogP contribution in [-0.2, 0) is 6.54 Å². The Morgan fingerprint density at radius 3 is 2.80 bits per heavy atom. The van der Waals surface area contributed by atoms with Gasteiger partial charge in [0, 0.05) is 25.0 Å². The van der Waals surface area contributed by atoms with Crippen LogP contribution >= 0.6 is 0 Å². The standard InChI is InChI=1S/C12H19N3/c1-9(5-11-3-4-11)13-7-12-8-14-10(2)6-15-12/h6,8-9,11,13H,3-5,7H2,1-2H3. The lowest BCUT2D eigenvalue weighted by Crippen LogP contribution is -2.26. The van der Waals surface area contributed by atoms with Crippen molar-refractivity contribution < 1.29 is 0 Å².